The second-order valence-electron chi connectivity index (χ2n) is 3.89. The summed E-state index contributed by atoms with van der Waals surface area (Å²) in [6, 6.07) is 0. The van der Waals surface area contributed by atoms with Crippen LogP contribution in [0.1, 0.15) is 19.8 Å². The standard InChI is InChI=1S/C10H19NO2S/c1-9(6-12)7-14-8-10(13)11-4-2-3-5-11/h9,12H,2-8H2,1H3. The van der Waals surface area contributed by atoms with E-state index in [2.05, 4.69) is 0 Å². The summed E-state index contributed by atoms with van der Waals surface area (Å²) in [6.07, 6.45) is 2.31. The number of carbonyl (C=O) groups is 1. The average Bonchev–Trinajstić information content (AvgIpc) is 2.70. The van der Waals surface area contributed by atoms with E-state index in [4.69, 9.17) is 5.11 Å². The second-order valence-corrected chi connectivity index (χ2v) is 4.92. The van der Waals surface area contributed by atoms with Crippen molar-refractivity contribution in [2.45, 2.75) is 19.8 Å². The first-order valence-corrected chi connectivity index (χ1v) is 6.36. The molecule has 0 aromatic carbocycles. The number of amides is 1. The summed E-state index contributed by atoms with van der Waals surface area (Å²) < 4.78 is 0. The Kier molecular flexibility index (Phi) is 5.33. The summed E-state index contributed by atoms with van der Waals surface area (Å²) in [5, 5.41) is 8.80. The summed E-state index contributed by atoms with van der Waals surface area (Å²) >= 11 is 1.63. The number of nitrogens with zero attached hydrogens (tertiary/aromatic N) is 1. The maximum atomic E-state index is 11.6. The zero-order valence-corrected chi connectivity index (χ0v) is 9.55. The Labute approximate surface area is 89.9 Å². The third kappa shape index (κ3) is 3.88. The van der Waals surface area contributed by atoms with Crippen molar-refractivity contribution in [3.05, 3.63) is 0 Å². The van der Waals surface area contributed by atoms with Crippen LogP contribution in [0.4, 0.5) is 0 Å². The third-order valence-electron chi connectivity index (χ3n) is 2.40. The predicted octanol–water partition coefficient (Wildman–Crippen LogP) is 0.970. The molecular formula is C10H19NO2S. The van der Waals surface area contributed by atoms with Crippen molar-refractivity contribution in [1.29, 1.82) is 0 Å². The van der Waals surface area contributed by atoms with Gasteiger partial charge in [-0.3, -0.25) is 4.79 Å². The van der Waals surface area contributed by atoms with Crippen LogP contribution in [0.3, 0.4) is 0 Å². The van der Waals surface area contributed by atoms with Crippen LogP contribution in [0.15, 0.2) is 0 Å². The first kappa shape index (κ1) is 11.9. The first-order chi connectivity index (χ1) is 6.74. The molecule has 1 atom stereocenters. The molecule has 1 saturated heterocycles. The monoisotopic (exact) mass is 217 g/mol. The molecule has 0 radical (unpaired) electrons. The molecule has 1 heterocycles. The van der Waals surface area contributed by atoms with Gasteiger partial charge in [0.1, 0.15) is 0 Å². The van der Waals surface area contributed by atoms with Gasteiger partial charge in [-0.2, -0.15) is 11.8 Å². The van der Waals surface area contributed by atoms with Crippen LogP contribution in [0.25, 0.3) is 0 Å². The fourth-order valence-electron chi connectivity index (χ4n) is 1.46. The lowest BCUT2D eigenvalue weighted by atomic mass is 10.2. The number of hydrogen-bond donors (Lipinski definition) is 1. The van der Waals surface area contributed by atoms with Crippen LogP contribution < -0.4 is 0 Å². The molecule has 0 saturated carbocycles. The maximum Gasteiger partial charge on any atom is 0.232 e. The summed E-state index contributed by atoms with van der Waals surface area (Å²) in [4.78, 5) is 13.5. The van der Waals surface area contributed by atoms with Gasteiger partial charge in [0, 0.05) is 19.7 Å². The average molecular weight is 217 g/mol. The molecule has 1 unspecified atom stereocenters. The lowest BCUT2D eigenvalue weighted by Gasteiger charge is -2.15. The molecule has 3 nitrogen and oxygen atoms in total. The van der Waals surface area contributed by atoms with Gasteiger partial charge >= 0.3 is 0 Å². The van der Waals surface area contributed by atoms with E-state index in [0.717, 1.165) is 31.7 Å². The van der Waals surface area contributed by atoms with Crippen LogP contribution in [-0.2, 0) is 4.79 Å². The quantitative estimate of drug-likeness (QED) is 0.746. The number of likely N-dealkylation sites (tertiary alicyclic amines) is 1. The molecule has 4 heteroatoms. The molecule has 0 aromatic rings. The Bertz CT molecular complexity index is 181. The summed E-state index contributed by atoms with van der Waals surface area (Å²) in [5.41, 5.74) is 0. The molecule has 14 heavy (non-hydrogen) atoms. The number of aliphatic hydroxyl groups is 1. The van der Waals surface area contributed by atoms with Crippen LogP contribution in [-0.4, -0.2) is 47.1 Å². The van der Waals surface area contributed by atoms with Crippen LogP contribution in [0.5, 0.6) is 0 Å². The molecule has 1 rings (SSSR count). The lowest BCUT2D eigenvalue weighted by molar-refractivity contribution is -0.127. The molecule has 0 aromatic heterocycles. The number of hydrogen-bond acceptors (Lipinski definition) is 3. The summed E-state index contributed by atoms with van der Waals surface area (Å²) in [5.74, 6) is 2.00. The number of rotatable bonds is 5. The van der Waals surface area contributed by atoms with E-state index in [-0.39, 0.29) is 12.5 Å². The first-order valence-electron chi connectivity index (χ1n) is 5.20. The van der Waals surface area contributed by atoms with E-state index in [9.17, 15) is 4.79 Å². The van der Waals surface area contributed by atoms with Crippen LogP contribution >= 0.6 is 11.8 Å². The minimum atomic E-state index is 0.213. The zero-order valence-electron chi connectivity index (χ0n) is 8.74. The molecule has 1 aliphatic heterocycles. The fraction of sp³-hybridized carbons (Fsp3) is 0.900. The van der Waals surface area contributed by atoms with E-state index < -0.39 is 0 Å². The van der Waals surface area contributed by atoms with E-state index in [0.29, 0.717) is 11.7 Å². The van der Waals surface area contributed by atoms with E-state index >= 15 is 0 Å². The van der Waals surface area contributed by atoms with Crippen molar-refractivity contribution >= 4 is 17.7 Å². The van der Waals surface area contributed by atoms with Crippen LogP contribution in [0.2, 0.25) is 0 Å². The predicted molar refractivity (Wildman–Crippen MR) is 59.4 cm³/mol. The Morgan fingerprint density at radius 3 is 2.71 bits per heavy atom. The van der Waals surface area contributed by atoms with Gasteiger partial charge in [0.25, 0.3) is 0 Å². The molecule has 1 aliphatic rings. The molecule has 0 spiro atoms. The molecule has 0 aliphatic carbocycles. The van der Waals surface area contributed by atoms with E-state index in [1.54, 1.807) is 11.8 Å². The second kappa shape index (κ2) is 6.30. The minimum Gasteiger partial charge on any atom is -0.396 e. The van der Waals surface area contributed by atoms with Crippen molar-refractivity contribution in [2.75, 3.05) is 31.2 Å². The highest BCUT2D eigenvalue weighted by atomic mass is 32.2. The normalized spacial score (nSPS) is 18.6. The van der Waals surface area contributed by atoms with Crippen molar-refractivity contribution in [1.82, 2.24) is 4.90 Å². The molecule has 82 valence electrons. The van der Waals surface area contributed by atoms with Crippen molar-refractivity contribution in [3.8, 4) is 0 Å². The van der Waals surface area contributed by atoms with Gasteiger partial charge in [0.2, 0.25) is 5.91 Å². The van der Waals surface area contributed by atoms with Gasteiger partial charge in [0.05, 0.1) is 5.75 Å². The highest BCUT2D eigenvalue weighted by molar-refractivity contribution is 7.99. The third-order valence-corrected chi connectivity index (χ3v) is 3.65. The smallest absolute Gasteiger partial charge is 0.232 e. The van der Waals surface area contributed by atoms with Crippen LogP contribution in [0, 0.1) is 5.92 Å². The van der Waals surface area contributed by atoms with Gasteiger partial charge in [-0.15, -0.1) is 0 Å². The maximum absolute atomic E-state index is 11.6. The molecule has 1 amide bonds. The number of carbonyl (C=O) groups excluding carboxylic acids is 1. The molecule has 1 N–H and O–H groups in total. The van der Waals surface area contributed by atoms with Gasteiger partial charge < -0.3 is 10.0 Å². The molecular weight excluding hydrogens is 198 g/mol. The van der Waals surface area contributed by atoms with Gasteiger partial charge in [-0.1, -0.05) is 6.92 Å². The Balaban J connectivity index is 2.08. The minimum absolute atomic E-state index is 0.213. The SMILES string of the molecule is CC(CO)CSCC(=O)N1CCCC1. The lowest BCUT2D eigenvalue weighted by Crippen LogP contribution is -2.29. The highest BCUT2D eigenvalue weighted by Gasteiger charge is 2.17. The van der Waals surface area contributed by atoms with Crippen molar-refractivity contribution in [2.24, 2.45) is 5.92 Å². The van der Waals surface area contributed by atoms with E-state index in [1.165, 1.54) is 0 Å². The van der Waals surface area contributed by atoms with Crippen molar-refractivity contribution in [3.63, 3.8) is 0 Å². The zero-order chi connectivity index (χ0) is 10.4. The number of thioether (sulfide) groups is 1. The van der Waals surface area contributed by atoms with Crippen molar-refractivity contribution < 1.29 is 9.90 Å². The van der Waals surface area contributed by atoms with Gasteiger partial charge in [0.15, 0.2) is 0 Å². The van der Waals surface area contributed by atoms with Gasteiger partial charge in [-0.25, -0.2) is 0 Å². The highest BCUT2D eigenvalue weighted by Crippen LogP contribution is 2.12. The van der Waals surface area contributed by atoms with Gasteiger partial charge in [-0.05, 0) is 24.5 Å². The molecule has 0 bridgehead atoms. The van der Waals surface area contributed by atoms with E-state index in [1.807, 2.05) is 11.8 Å². The Morgan fingerprint density at radius 2 is 2.14 bits per heavy atom. The fourth-order valence-corrected chi connectivity index (χ4v) is 2.44. The number of aliphatic hydroxyl groups excluding tert-OH is 1. The Hall–Kier alpha value is -0.220. The largest absolute Gasteiger partial charge is 0.396 e. The molecule has 1 fully saturated rings. The summed E-state index contributed by atoms with van der Waals surface area (Å²) in [6.45, 7) is 4.09. The summed E-state index contributed by atoms with van der Waals surface area (Å²) in [7, 11) is 0. The Morgan fingerprint density at radius 1 is 1.50 bits per heavy atom. The topological polar surface area (TPSA) is 40.5 Å².